The van der Waals surface area contributed by atoms with E-state index in [4.69, 9.17) is 0 Å². The average molecular weight is 541 g/mol. The molecule has 4 amide bonds. The second kappa shape index (κ2) is 12.4. The van der Waals surface area contributed by atoms with Crippen LogP contribution in [0.15, 0.2) is 35.5 Å². The lowest BCUT2D eigenvalue weighted by Crippen LogP contribution is -2.50. The molecule has 38 heavy (non-hydrogen) atoms. The predicted molar refractivity (Wildman–Crippen MR) is 133 cm³/mol. The van der Waals surface area contributed by atoms with Gasteiger partial charge in [0.2, 0.25) is 5.91 Å². The number of hydrogen-bond acceptors (Lipinski definition) is 5. The maximum Gasteiger partial charge on any atom is 0.410 e. The normalized spacial score (nSPS) is 23.0. The van der Waals surface area contributed by atoms with E-state index in [1.165, 1.54) is 25.4 Å². The van der Waals surface area contributed by atoms with Crippen molar-refractivity contribution >= 4 is 29.4 Å². The number of aromatic nitrogens is 1. The Morgan fingerprint density at radius 1 is 1.29 bits per heavy atom. The van der Waals surface area contributed by atoms with E-state index < -0.39 is 48.8 Å². The van der Waals surface area contributed by atoms with Gasteiger partial charge >= 0.3 is 12.2 Å². The minimum atomic E-state index is -4.56. The Hall–Kier alpha value is -3.51. The van der Waals surface area contributed by atoms with E-state index in [0.717, 1.165) is 4.90 Å². The van der Waals surface area contributed by atoms with Gasteiger partial charge in [-0.1, -0.05) is 13.5 Å². The zero-order valence-corrected chi connectivity index (χ0v) is 21.3. The van der Waals surface area contributed by atoms with Gasteiger partial charge in [0.15, 0.2) is 0 Å². The van der Waals surface area contributed by atoms with Crippen LogP contribution in [0.2, 0.25) is 0 Å². The molecule has 2 aliphatic rings. The number of pyridine rings is 1. The molecule has 2 heterocycles. The summed E-state index contributed by atoms with van der Waals surface area (Å²) in [6, 6.07) is -0.833. The number of anilines is 1. The minimum absolute atomic E-state index is 0.0982. The molecule has 3 N–H and O–H groups in total. The van der Waals surface area contributed by atoms with Crippen molar-refractivity contribution in [2.45, 2.75) is 70.0 Å². The van der Waals surface area contributed by atoms with Crippen molar-refractivity contribution < 1.29 is 31.9 Å². The molecule has 0 spiro atoms. The standard InChI is InChI=1S/C25H32F4N6O3/c1-4-18(30-3)14(2)22(36)34-21(16-5-7-17(26)8-6-16)23(37)33-20-11-15(9-10-31-20)12-35-13-19(25(27,28)29)32-24(35)38/h9-11,16-17,19,21H,2,4-8,12-13H2,1,3H3,(H,32,38)(H,34,36)(H,31,33,37)/t16?,17?,19?,21-/m0/s1. The number of hydrogen-bond donors (Lipinski definition) is 3. The summed E-state index contributed by atoms with van der Waals surface area (Å²) in [5, 5.41) is 7.27. The number of halogens is 4. The van der Waals surface area contributed by atoms with Crippen LogP contribution in [0, 0.1) is 5.92 Å². The van der Waals surface area contributed by atoms with E-state index in [2.05, 4.69) is 27.2 Å². The Kier molecular flexibility index (Phi) is 9.45. The summed E-state index contributed by atoms with van der Waals surface area (Å²) in [5.41, 5.74) is 1.07. The van der Waals surface area contributed by atoms with Crippen molar-refractivity contribution in [3.63, 3.8) is 0 Å². The van der Waals surface area contributed by atoms with Crippen molar-refractivity contribution in [3.8, 4) is 0 Å². The molecular formula is C25H32F4N6O3. The van der Waals surface area contributed by atoms with Crippen LogP contribution in [-0.4, -0.2) is 71.5 Å². The number of carbonyl (C=O) groups is 3. The molecular weight excluding hydrogens is 508 g/mol. The molecule has 0 radical (unpaired) electrons. The molecule has 208 valence electrons. The third kappa shape index (κ3) is 7.29. The molecule has 0 bridgehead atoms. The second-order valence-corrected chi connectivity index (χ2v) is 9.43. The smallest absolute Gasteiger partial charge is 0.340 e. The summed E-state index contributed by atoms with van der Waals surface area (Å²) >= 11 is 0. The first-order valence-electron chi connectivity index (χ1n) is 12.4. The number of aliphatic imine (C=N–C) groups is 1. The van der Waals surface area contributed by atoms with Gasteiger partial charge in [-0.15, -0.1) is 0 Å². The van der Waals surface area contributed by atoms with Crippen LogP contribution in [0.5, 0.6) is 0 Å². The second-order valence-electron chi connectivity index (χ2n) is 9.43. The third-order valence-corrected chi connectivity index (χ3v) is 6.80. The van der Waals surface area contributed by atoms with Gasteiger partial charge in [0.05, 0.1) is 12.1 Å². The van der Waals surface area contributed by atoms with Gasteiger partial charge in [-0.25, -0.2) is 14.2 Å². The Labute approximate surface area is 218 Å². The lowest BCUT2D eigenvalue weighted by Gasteiger charge is -2.31. The maximum absolute atomic E-state index is 13.8. The zero-order chi connectivity index (χ0) is 28.0. The van der Waals surface area contributed by atoms with Crippen LogP contribution in [0.1, 0.15) is 44.6 Å². The first-order chi connectivity index (χ1) is 17.9. The molecule has 1 aromatic heterocycles. The highest BCUT2D eigenvalue weighted by Crippen LogP contribution is 2.30. The van der Waals surface area contributed by atoms with Crippen LogP contribution < -0.4 is 16.0 Å². The van der Waals surface area contributed by atoms with E-state index in [9.17, 15) is 31.9 Å². The monoisotopic (exact) mass is 540 g/mol. The van der Waals surface area contributed by atoms with Crippen LogP contribution in [-0.2, 0) is 16.1 Å². The molecule has 3 rings (SSSR count). The van der Waals surface area contributed by atoms with Crippen LogP contribution >= 0.6 is 0 Å². The summed E-state index contributed by atoms with van der Waals surface area (Å²) in [5.74, 6) is -1.35. The van der Waals surface area contributed by atoms with E-state index in [-0.39, 0.29) is 36.7 Å². The molecule has 2 atom stereocenters. The fraction of sp³-hybridized carbons (Fsp3) is 0.560. The number of rotatable bonds is 9. The highest BCUT2D eigenvalue weighted by Gasteiger charge is 2.46. The zero-order valence-electron chi connectivity index (χ0n) is 21.3. The SMILES string of the molecule is C=C(C(=O)N[C@H](C(=O)Nc1cc(CN2CC(C(F)(F)F)NC2=O)ccn1)C1CCC(F)CC1)C(CC)=NC. The predicted octanol–water partition coefficient (Wildman–Crippen LogP) is 3.53. The van der Waals surface area contributed by atoms with Gasteiger partial charge in [-0.2, -0.15) is 13.2 Å². The topological polar surface area (TPSA) is 116 Å². The Balaban J connectivity index is 1.72. The molecule has 1 aromatic rings. The molecule has 1 saturated heterocycles. The summed E-state index contributed by atoms with van der Waals surface area (Å²) in [7, 11) is 1.54. The number of urea groups is 1. The molecule has 1 saturated carbocycles. The van der Waals surface area contributed by atoms with Crippen molar-refractivity contribution in [3.05, 3.63) is 36.0 Å². The minimum Gasteiger partial charge on any atom is -0.340 e. The van der Waals surface area contributed by atoms with Gasteiger partial charge in [-0.3, -0.25) is 14.6 Å². The van der Waals surface area contributed by atoms with E-state index in [1.54, 1.807) is 0 Å². The number of amides is 4. The van der Waals surface area contributed by atoms with Crippen molar-refractivity contribution in [2.24, 2.45) is 10.9 Å². The first-order valence-corrected chi connectivity index (χ1v) is 12.4. The van der Waals surface area contributed by atoms with Gasteiger partial charge in [0, 0.05) is 25.5 Å². The fourth-order valence-corrected chi connectivity index (χ4v) is 4.65. The summed E-state index contributed by atoms with van der Waals surface area (Å²) in [4.78, 5) is 47.3. The van der Waals surface area contributed by atoms with Crippen LogP contribution in [0.25, 0.3) is 0 Å². The number of alkyl halides is 4. The molecule has 1 aliphatic heterocycles. The highest BCUT2D eigenvalue weighted by molar-refractivity contribution is 6.21. The van der Waals surface area contributed by atoms with Gasteiger partial charge in [0.25, 0.3) is 5.91 Å². The lowest BCUT2D eigenvalue weighted by molar-refractivity contribution is -0.149. The fourth-order valence-electron chi connectivity index (χ4n) is 4.65. The molecule has 9 nitrogen and oxygen atoms in total. The molecule has 13 heteroatoms. The average Bonchev–Trinajstić information content (AvgIpc) is 3.24. The Morgan fingerprint density at radius 2 is 1.97 bits per heavy atom. The summed E-state index contributed by atoms with van der Waals surface area (Å²) in [6.07, 6.45) is -2.36. The van der Waals surface area contributed by atoms with Crippen LogP contribution in [0.4, 0.5) is 28.2 Å². The largest absolute Gasteiger partial charge is 0.410 e. The maximum atomic E-state index is 13.8. The molecule has 0 aromatic carbocycles. The van der Waals surface area contributed by atoms with Gasteiger partial charge in [-0.05, 0) is 55.7 Å². The van der Waals surface area contributed by atoms with Crippen molar-refractivity contribution in [2.75, 3.05) is 18.9 Å². The lowest BCUT2D eigenvalue weighted by atomic mass is 9.82. The molecule has 1 aliphatic carbocycles. The van der Waals surface area contributed by atoms with E-state index in [1.807, 2.05) is 12.2 Å². The number of carbonyl (C=O) groups excluding carboxylic acids is 3. The number of nitrogens with one attached hydrogen (secondary N) is 3. The van der Waals surface area contributed by atoms with Crippen molar-refractivity contribution in [1.29, 1.82) is 0 Å². The number of nitrogens with zero attached hydrogens (tertiary/aromatic N) is 3. The summed E-state index contributed by atoms with van der Waals surface area (Å²) in [6.45, 7) is 4.94. The van der Waals surface area contributed by atoms with Crippen molar-refractivity contribution in [1.82, 2.24) is 20.5 Å². The van der Waals surface area contributed by atoms with Gasteiger partial charge in [0.1, 0.15) is 24.1 Å². The Morgan fingerprint density at radius 3 is 2.55 bits per heavy atom. The quantitative estimate of drug-likeness (QED) is 0.253. The Bertz CT molecular complexity index is 1090. The highest BCUT2D eigenvalue weighted by atomic mass is 19.4. The summed E-state index contributed by atoms with van der Waals surface area (Å²) < 4.78 is 52.7. The van der Waals surface area contributed by atoms with Crippen LogP contribution in [0.3, 0.4) is 0 Å². The van der Waals surface area contributed by atoms with E-state index >= 15 is 0 Å². The third-order valence-electron chi connectivity index (χ3n) is 6.80. The van der Waals surface area contributed by atoms with Gasteiger partial charge < -0.3 is 20.9 Å². The first kappa shape index (κ1) is 29.1. The molecule has 1 unspecified atom stereocenters. The molecule has 2 fully saturated rings. The van der Waals surface area contributed by atoms with E-state index in [0.29, 0.717) is 30.5 Å².